The second-order valence-electron chi connectivity index (χ2n) is 3.15. The average Bonchev–Trinajstić information content (AvgIpc) is 2.45. The van der Waals surface area contributed by atoms with Crippen LogP contribution < -0.4 is 5.73 Å². The molecule has 2 N–H and O–H groups in total. The van der Waals surface area contributed by atoms with E-state index in [9.17, 15) is 0 Å². The lowest BCUT2D eigenvalue weighted by atomic mass is 10.1. The summed E-state index contributed by atoms with van der Waals surface area (Å²) in [6, 6.07) is 0. The fourth-order valence-corrected chi connectivity index (χ4v) is 1.30. The van der Waals surface area contributed by atoms with Crippen molar-refractivity contribution in [3.05, 3.63) is 12.2 Å². The monoisotopic (exact) mass is 125 g/mol. The van der Waals surface area contributed by atoms with E-state index in [1.54, 1.807) is 0 Å². The van der Waals surface area contributed by atoms with Crippen molar-refractivity contribution in [1.82, 2.24) is 0 Å². The summed E-state index contributed by atoms with van der Waals surface area (Å²) < 4.78 is 0. The first kappa shape index (κ1) is 6.81. The van der Waals surface area contributed by atoms with Crippen LogP contribution in [0.1, 0.15) is 19.8 Å². The summed E-state index contributed by atoms with van der Waals surface area (Å²) in [4.78, 5) is 0. The summed E-state index contributed by atoms with van der Waals surface area (Å²) in [5.41, 5.74) is 6.77. The van der Waals surface area contributed by atoms with E-state index in [1.165, 1.54) is 18.4 Å². The molecule has 2 atom stereocenters. The highest BCUT2D eigenvalue weighted by molar-refractivity contribution is 4.98. The summed E-state index contributed by atoms with van der Waals surface area (Å²) >= 11 is 0. The molecule has 1 heteroatoms. The first-order valence-electron chi connectivity index (χ1n) is 3.58. The Hall–Kier alpha value is -0.300. The molecule has 1 aliphatic rings. The van der Waals surface area contributed by atoms with Gasteiger partial charge in [-0.15, -0.1) is 6.58 Å². The highest BCUT2D eigenvalue weighted by Crippen LogP contribution is 2.41. The molecule has 9 heavy (non-hydrogen) atoms. The fraction of sp³-hybridized carbons (Fsp3) is 0.750. The molecule has 0 spiro atoms. The lowest BCUT2D eigenvalue weighted by molar-refractivity contribution is 0.701. The van der Waals surface area contributed by atoms with Gasteiger partial charge in [0.2, 0.25) is 0 Å². The Balaban J connectivity index is 2.12. The van der Waals surface area contributed by atoms with Crippen molar-refractivity contribution in [3.63, 3.8) is 0 Å². The van der Waals surface area contributed by atoms with Gasteiger partial charge in [0.1, 0.15) is 0 Å². The maximum Gasteiger partial charge on any atom is -0.00460 e. The van der Waals surface area contributed by atoms with E-state index >= 15 is 0 Å². The second kappa shape index (κ2) is 2.53. The normalized spacial score (nSPS) is 32.2. The highest BCUT2D eigenvalue weighted by atomic mass is 14.6. The van der Waals surface area contributed by atoms with Gasteiger partial charge in [-0.05, 0) is 38.1 Å². The van der Waals surface area contributed by atoms with Crippen molar-refractivity contribution in [1.29, 1.82) is 0 Å². The van der Waals surface area contributed by atoms with Crippen molar-refractivity contribution in [2.24, 2.45) is 17.6 Å². The molecule has 0 bridgehead atoms. The molecule has 0 aromatic rings. The van der Waals surface area contributed by atoms with Crippen LogP contribution in [0, 0.1) is 11.8 Å². The molecule has 2 unspecified atom stereocenters. The largest absolute Gasteiger partial charge is 0.330 e. The molecule has 1 nitrogen and oxygen atoms in total. The first-order chi connectivity index (χ1) is 4.24. The minimum atomic E-state index is 0.821. The Kier molecular flexibility index (Phi) is 1.91. The molecule has 0 amide bonds. The summed E-state index contributed by atoms with van der Waals surface area (Å²) in [6.07, 6.45) is 2.53. The maximum absolute atomic E-state index is 5.47. The number of nitrogens with two attached hydrogens (primary N) is 1. The van der Waals surface area contributed by atoms with E-state index in [2.05, 4.69) is 13.5 Å². The fourth-order valence-electron chi connectivity index (χ4n) is 1.30. The van der Waals surface area contributed by atoms with Crippen LogP contribution in [-0.4, -0.2) is 6.54 Å². The van der Waals surface area contributed by atoms with Crippen molar-refractivity contribution in [3.8, 4) is 0 Å². The van der Waals surface area contributed by atoms with Crippen LogP contribution in [0.3, 0.4) is 0 Å². The van der Waals surface area contributed by atoms with E-state index < -0.39 is 0 Å². The predicted molar refractivity (Wildman–Crippen MR) is 40.1 cm³/mol. The molecular weight excluding hydrogens is 110 g/mol. The number of rotatable bonds is 3. The van der Waals surface area contributed by atoms with Crippen molar-refractivity contribution < 1.29 is 0 Å². The van der Waals surface area contributed by atoms with Crippen LogP contribution in [-0.2, 0) is 0 Å². The van der Waals surface area contributed by atoms with Crippen molar-refractivity contribution >= 4 is 0 Å². The van der Waals surface area contributed by atoms with Crippen molar-refractivity contribution in [2.45, 2.75) is 19.8 Å². The van der Waals surface area contributed by atoms with Crippen LogP contribution in [0.4, 0.5) is 0 Å². The van der Waals surface area contributed by atoms with Crippen molar-refractivity contribution in [2.75, 3.05) is 6.54 Å². The van der Waals surface area contributed by atoms with Gasteiger partial charge in [-0.3, -0.25) is 0 Å². The maximum atomic E-state index is 5.47. The molecule has 1 aliphatic carbocycles. The molecule has 1 rings (SSSR count). The zero-order valence-electron chi connectivity index (χ0n) is 6.06. The molecular formula is C8H15N. The quantitative estimate of drug-likeness (QED) is 0.569. The third-order valence-electron chi connectivity index (χ3n) is 1.98. The van der Waals surface area contributed by atoms with E-state index in [0.29, 0.717) is 0 Å². The van der Waals surface area contributed by atoms with Gasteiger partial charge in [0.15, 0.2) is 0 Å². The Bertz CT molecular complexity index is 118. The zero-order chi connectivity index (χ0) is 6.85. The topological polar surface area (TPSA) is 26.0 Å². The lowest BCUT2D eigenvalue weighted by Gasteiger charge is -1.94. The number of hydrogen-bond acceptors (Lipinski definition) is 1. The van der Waals surface area contributed by atoms with Crippen LogP contribution in [0.25, 0.3) is 0 Å². The number of allylic oxidation sites excluding steroid dienone is 1. The Morgan fingerprint density at radius 1 is 1.67 bits per heavy atom. The Labute approximate surface area is 56.9 Å². The van der Waals surface area contributed by atoms with Gasteiger partial charge in [0.05, 0.1) is 0 Å². The third-order valence-corrected chi connectivity index (χ3v) is 1.98. The molecule has 0 aliphatic heterocycles. The molecule has 52 valence electrons. The molecule has 0 aromatic carbocycles. The molecule has 0 saturated heterocycles. The molecule has 1 fully saturated rings. The standard InChI is InChI=1S/C8H15N/c1-6(2)3-7-4-8(7)5-9/h7-8H,1,3-5,9H2,2H3. The minimum absolute atomic E-state index is 0.821. The van der Waals surface area contributed by atoms with E-state index in [0.717, 1.165) is 18.4 Å². The lowest BCUT2D eigenvalue weighted by Crippen LogP contribution is -2.02. The average molecular weight is 125 g/mol. The summed E-state index contributed by atoms with van der Waals surface area (Å²) in [5, 5.41) is 0. The van der Waals surface area contributed by atoms with Crippen LogP contribution in [0.15, 0.2) is 12.2 Å². The summed E-state index contributed by atoms with van der Waals surface area (Å²) in [5.74, 6) is 1.70. The van der Waals surface area contributed by atoms with E-state index in [1.807, 2.05) is 0 Å². The van der Waals surface area contributed by atoms with E-state index in [4.69, 9.17) is 5.73 Å². The highest BCUT2D eigenvalue weighted by Gasteiger charge is 2.34. The van der Waals surface area contributed by atoms with E-state index in [-0.39, 0.29) is 0 Å². The third kappa shape index (κ3) is 1.83. The molecule has 1 saturated carbocycles. The number of hydrogen-bond donors (Lipinski definition) is 1. The van der Waals surface area contributed by atoms with Gasteiger partial charge in [-0.2, -0.15) is 0 Å². The smallest absolute Gasteiger partial charge is 0.00460 e. The second-order valence-corrected chi connectivity index (χ2v) is 3.15. The van der Waals surface area contributed by atoms with Crippen LogP contribution in [0.5, 0.6) is 0 Å². The van der Waals surface area contributed by atoms with Crippen LogP contribution in [0.2, 0.25) is 0 Å². The molecule has 0 radical (unpaired) electrons. The zero-order valence-corrected chi connectivity index (χ0v) is 6.06. The SMILES string of the molecule is C=C(C)CC1CC1CN. The molecule has 0 aromatic heterocycles. The summed E-state index contributed by atoms with van der Waals surface area (Å²) in [6.45, 7) is 6.83. The minimum Gasteiger partial charge on any atom is -0.330 e. The van der Waals surface area contributed by atoms with Gasteiger partial charge in [-0.1, -0.05) is 5.57 Å². The van der Waals surface area contributed by atoms with Crippen LogP contribution >= 0.6 is 0 Å². The van der Waals surface area contributed by atoms with Gasteiger partial charge in [0.25, 0.3) is 0 Å². The van der Waals surface area contributed by atoms with Gasteiger partial charge in [0, 0.05) is 0 Å². The molecule has 0 heterocycles. The Morgan fingerprint density at radius 3 is 2.67 bits per heavy atom. The predicted octanol–water partition coefficient (Wildman–Crippen LogP) is 1.55. The first-order valence-corrected chi connectivity index (χ1v) is 3.58. The van der Waals surface area contributed by atoms with Gasteiger partial charge in [-0.25, -0.2) is 0 Å². The van der Waals surface area contributed by atoms with Gasteiger partial charge < -0.3 is 5.73 Å². The summed E-state index contributed by atoms with van der Waals surface area (Å²) in [7, 11) is 0. The van der Waals surface area contributed by atoms with Gasteiger partial charge >= 0.3 is 0 Å². The Morgan fingerprint density at radius 2 is 2.33 bits per heavy atom.